The molecule has 0 saturated carbocycles. The van der Waals surface area contributed by atoms with Crippen molar-refractivity contribution in [2.45, 2.75) is 33.7 Å². The molecule has 34 heavy (non-hydrogen) atoms. The number of nitrogens with one attached hydrogen (secondary N) is 2. The van der Waals surface area contributed by atoms with Crippen molar-refractivity contribution in [3.05, 3.63) is 45.6 Å². The summed E-state index contributed by atoms with van der Waals surface area (Å²) >= 11 is -0.205. The predicted octanol–water partition coefficient (Wildman–Crippen LogP) is 4.38. The molecule has 0 fully saturated rings. The summed E-state index contributed by atoms with van der Waals surface area (Å²) in [5.74, 6) is -1.80. The van der Waals surface area contributed by atoms with Gasteiger partial charge in [0.1, 0.15) is 6.54 Å². The molecule has 0 bridgehead atoms. The van der Waals surface area contributed by atoms with Crippen molar-refractivity contribution in [1.82, 2.24) is 13.6 Å². The van der Waals surface area contributed by atoms with Gasteiger partial charge in [0.25, 0.3) is 5.91 Å². The lowest BCUT2D eigenvalue weighted by atomic mass is 9.86. The van der Waals surface area contributed by atoms with Gasteiger partial charge < -0.3 is 30.3 Å². The highest BCUT2D eigenvalue weighted by Gasteiger charge is 2.31. The summed E-state index contributed by atoms with van der Waals surface area (Å²) in [6.45, 7) is 7.73. The van der Waals surface area contributed by atoms with Crippen LogP contribution in [0.1, 0.15) is 46.9 Å². The molecule has 0 saturated heterocycles. The van der Waals surface area contributed by atoms with Gasteiger partial charge in [0.15, 0.2) is 16.9 Å². The number of phenolic OH excluding ortho intramolecular Hbond substituents is 1. The van der Waals surface area contributed by atoms with Crippen molar-refractivity contribution in [3.63, 3.8) is 0 Å². The molecule has 2 atom stereocenters. The number of phenols is 1. The van der Waals surface area contributed by atoms with Gasteiger partial charge in [-0.15, -0.1) is 11.3 Å². The summed E-state index contributed by atoms with van der Waals surface area (Å²) in [4.78, 5) is 26.7. The summed E-state index contributed by atoms with van der Waals surface area (Å²) in [6, 6.07) is 8.36. The number of carbonyl (C=O) groups excluding carboxylic acids is 1. The molecule has 4 N–H and O–H groups in total. The minimum atomic E-state index is -1.85. The summed E-state index contributed by atoms with van der Waals surface area (Å²) in [5, 5.41) is 25.9. The van der Waals surface area contributed by atoms with E-state index < -0.39 is 29.6 Å². The lowest BCUT2D eigenvalue weighted by Gasteiger charge is -2.30. The van der Waals surface area contributed by atoms with E-state index in [2.05, 4.69) is 40.2 Å². The van der Waals surface area contributed by atoms with Gasteiger partial charge in [0.05, 0.1) is 17.3 Å². The van der Waals surface area contributed by atoms with Crippen LogP contribution in [-0.4, -0.2) is 53.9 Å². The monoisotopic (exact) mass is 505 g/mol. The zero-order valence-electron chi connectivity index (χ0n) is 19.4. The fraction of sp³-hybridized carbons (Fsp3) is 0.364. The number of para-hydroxylation sites is 1. The Labute approximate surface area is 204 Å². The average molecular weight is 506 g/mol. The molecule has 1 aromatic carbocycles. The highest BCUT2D eigenvalue weighted by atomic mass is 32.2. The van der Waals surface area contributed by atoms with Crippen molar-refractivity contribution in [1.29, 1.82) is 0 Å². The third-order valence-electron chi connectivity index (χ3n) is 4.99. The average Bonchev–Trinajstić information content (AvgIpc) is 3.30. The van der Waals surface area contributed by atoms with E-state index in [4.69, 9.17) is 5.11 Å². The van der Waals surface area contributed by atoms with Gasteiger partial charge in [-0.1, -0.05) is 26.8 Å². The summed E-state index contributed by atoms with van der Waals surface area (Å²) in [6.07, 6.45) is 0. The smallest absolute Gasteiger partial charge is 0.323 e. The van der Waals surface area contributed by atoms with E-state index in [1.54, 1.807) is 11.3 Å². The highest BCUT2D eigenvalue weighted by Crippen LogP contribution is 2.41. The minimum absolute atomic E-state index is 0.0819. The van der Waals surface area contributed by atoms with Crippen molar-refractivity contribution >= 4 is 51.7 Å². The number of carbonyl (C=O) groups is 2. The van der Waals surface area contributed by atoms with E-state index in [1.165, 1.54) is 25.2 Å². The number of nitrogens with zero attached hydrogens (tertiary/aromatic N) is 3. The van der Waals surface area contributed by atoms with E-state index in [0.29, 0.717) is 0 Å². The van der Waals surface area contributed by atoms with E-state index in [-0.39, 0.29) is 40.1 Å². The molecule has 0 aliphatic carbocycles. The maximum Gasteiger partial charge on any atom is 0.323 e. The number of rotatable bonds is 8. The molecule has 0 aliphatic rings. The molecule has 10 nitrogen and oxygen atoms in total. The van der Waals surface area contributed by atoms with Crippen LogP contribution in [0.15, 0.2) is 30.3 Å². The number of carboxylic acid groups (broad SMARTS) is 1. The van der Waals surface area contributed by atoms with Crippen LogP contribution < -0.4 is 10.6 Å². The number of aromatic nitrogens is 2. The second-order valence-corrected chi connectivity index (χ2v) is 11.0. The molecule has 3 rings (SSSR count). The van der Waals surface area contributed by atoms with Crippen LogP contribution in [-0.2, 0) is 4.79 Å². The van der Waals surface area contributed by atoms with Crippen LogP contribution >= 0.6 is 22.5 Å². The Morgan fingerprint density at radius 3 is 2.47 bits per heavy atom. The summed E-state index contributed by atoms with van der Waals surface area (Å²) in [7, 11) is 1.33. The first-order valence-corrected chi connectivity index (χ1v) is 12.2. The van der Waals surface area contributed by atoms with Gasteiger partial charge in [-0.3, -0.25) is 9.59 Å². The fourth-order valence-electron chi connectivity index (χ4n) is 3.32. The van der Waals surface area contributed by atoms with Gasteiger partial charge >= 0.3 is 5.97 Å². The van der Waals surface area contributed by atoms with Crippen LogP contribution in [0.3, 0.4) is 0 Å². The topological polar surface area (TPSA) is 151 Å². The number of thiophene rings is 1. The van der Waals surface area contributed by atoms with Crippen molar-refractivity contribution in [2.75, 3.05) is 24.2 Å². The highest BCUT2D eigenvalue weighted by molar-refractivity contribution is 7.14. The van der Waals surface area contributed by atoms with Gasteiger partial charge in [-0.05, 0) is 36.6 Å². The first kappa shape index (κ1) is 25.4. The number of anilines is 3. The van der Waals surface area contributed by atoms with Crippen LogP contribution in [0, 0.1) is 12.3 Å². The van der Waals surface area contributed by atoms with Crippen LogP contribution in [0.2, 0.25) is 0 Å². The molecule has 12 heteroatoms. The lowest BCUT2D eigenvalue weighted by molar-refractivity contribution is -0.137. The molecule has 1 amide bonds. The number of hydrogen-bond acceptors (Lipinski definition) is 9. The van der Waals surface area contributed by atoms with Crippen molar-refractivity contribution in [3.8, 4) is 5.75 Å². The Hall–Kier alpha value is -3.22. The molecule has 0 radical (unpaired) electrons. The van der Waals surface area contributed by atoms with Gasteiger partial charge in [0, 0.05) is 25.5 Å². The molecule has 2 heterocycles. The number of aliphatic carboxylic acids is 1. The third kappa shape index (κ3) is 5.82. The van der Waals surface area contributed by atoms with E-state index >= 15 is 0 Å². The Bertz CT molecular complexity index is 1200. The third-order valence-corrected chi connectivity index (χ3v) is 6.74. The normalized spacial score (nSPS) is 12.8. The van der Waals surface area contributed by atoms with Gasteiger partial charge in [-0.25, -0.2) is 0 Å². The first-order chi connectivity index (χ1) is 15.9. The lowest BCUT2D eigenvalue weighted by Crippen LogP contribution is -2.32. The quantitative estimate of drug-likeness (QED) is 0.258. The Kier molecular flexibility index (Phi) is 7.44. The molecule has 0 aliphatic heterocycles. The van der Waals surface area contributed by atoms with Crippen LogP contribution in [0.5, 0.6) is 5.75 Å². The molecule has 0 spiro atoms. The summed E-state index contributed by atoms with van der Waals surface area (Å²) < 4.78 is 20.3. The fourth-order valence-corrected chi connectivity index (χ4v) is 5.12. The number of hydrogen-bond donors (Lipinski definition) is 4. The Balaban J connectivity index is 1.91. The van der Waals surface area contributed by atoms with E-state index in [1.807, 2.05) is 19.1 Å². The van der Waals surface area contributed by atoms with Crippen LogP contribution in [0.25, 0.3) is 0 Å². The Morgan fingerprint density at radius 2 is 1.88 bits per heavy atom. The van der Waals surface area contributed by atoms with Gasteiger partial charge in [-0.2, -0.15) is 0 Å². The van der Waals surface area contributed by atoms with Gasteiger partial charge in [0.2, 0.25) is 11.6 Å². The number of amides is 1. The number of aromatic hydroxyl groups is 1. The summed E-state index contributed by atoms with van der Waals surface area (Å²) in [5.41, 5.74) is -0.152. The standard InChI is InChI=1S/C22H27N5O5S2/c1-12-9-10-15(33-12)18(22(2,3)4)24-20-19(25-34(32)26-20)23-14-8-6-7-13(17(14)30)21(31)27(5)11-16(28)29/h6-10,18,30H,11H2,1-5H3,(H,23,25)(H,24,26)(H,28,29). The van der Waals surface area contributed by atoms with Crippen molar-refractivity contribution < 1.29 is 24.4 Å². The maximum atomic E-state index is 12.6. The van der Waals surface area contributed by atoms with Crippen molar-refractivity contribution in [2.24, 2.45) is 5.41 Å². The maximum absolute atomic E-state index is 12.6. The molecule has 2 unspecified atom stereocenters. The number of aryl methyl sites for hydroxylation is 1. The molecule has 3 aromatic rings. The first-order valence-electron chi connectivity index (χ1n) is 10.4. The number of likely N-dealkylation sites (N-methyl/N-ethyl adjacent to an activating group) is 1. The largest absolute Gasteiger partial charge is 0.546 e. The predicted molar refractivity (Wildman–Crippen MR) is 132 cm³/mol. The second kappa shape index (κ2) is 9.95. The molecular weight excluding hydrogens is 478 g/mol. The molecule has 2 aromatic heterocycles. The van der Waals surface area contributed by atoms with Crippen LogP contribution in [0.4, 0.5) is 17.3 Å². The molecular formula is C22H27N5O5S2. The SMILES string of the molecule is Cc1ccc(C(Nc2n[s+]([O-])nc2Nc2cccc(C(=O)N(C)CC(=O)O)c2O)C(C)(C)C)s1. The van der Waals surface area contributed by atoms with E-state index in [9.17, 15) is 19.2 Å². The molecule has 182 valence electrons. The minimum Gasteiger partial charge on any atom is -0.546 e. The van der Waals surface area contributed by atoms with E-state index in [0.717, 1.165) is 14.7 Å². The number of carboxylic acids is 1. The zero-order valence-corrected chi connectivity index (χ0v) is 21.1. The Morgan fingerprint density at radius 1 is 1.21 bits per heavy atom. The second-order valence-electron chi connectivity index (χ2n) is 8.88. The number of benzene rings is 1. The zero-order chi connectivity index (χ0) is 25.2.